The van der Waals surface area contributed by atoms with Crippen LogP contribution in [0.25, 0.3) is 0 Å². The minimum absolute atomic E-state index is 0.451. The van der Waals surface area contributed by atoms with Crippen molar-refractivity contribution in [2.45, 2.75) is 4.90 Å². The predicted molar refractivity (Wildman–Crippen MR) is 38.4 cm³/mol. The van der Waals surface area contributed by atoms with Gasteiger partial charge in [-0.3, -0.25) is 0 Å². The topological polar surface area (TPSA) is 66.9 Å². The van der Waals surface area contributed by atoms with Gasteiger partial charge in [-0.25, -0.2) is 0 Å². The number of halogens is 1. The van der Waals surface area contributed by atoms with Crippen molar-refractivity contribution in [1.29, 1.82) is 4.78 Å². The van der Waals surface area contributed by atoms with Crippen LogP contribution in [0.4, 0.5) is 0 Å². The van der Waals surface area contributed by atoms with Crippen LogP contribution >= 0.6 is 0 Å². The summed E-state index contributed by atoms with van der Waals surface area (Å²) in [6, 6.07) is 7.08. The van der Waals surface area contributed by atoms with Gasteiger partial charge in [0, 0.05) is 0 Å². The molecule has 0 aliphatic rings. The molecule has 0 saturated carbocycles. The third-order valence-corrected chi connectivity index (χ3v) is 3.21. The monoisotopic (exact) mass is 282 g/mol. The van der Waals surface area contributed by atoms with Gasteiger partial charge in [0.15, 0.2) is 0 Å². The fourth-order valence-electron chi connectivity index (χ4n) is 0.650. The molecule has 0 amide bonds. The van der Waals surface area contributed by atoms with Gasteiger partial charge in [-0.15, -0.1) is 0 Å². The summed E-state index contributed by atoms with van der Waals surface area (Å²) in [5.41, 5.74) is 0. The molecule has 3 N–H and O–H groups in total. The van der Waals surface area contributed by atoms with E-state index in [1.54, 1.807) is 18.2 Å². The average Bonchev–Trinajstić information content (AvgIpc) is 2.05. The standard InChI is InChI=1S/C6H7IN2OS/c8-7-5-2-1-3-6(4-5)11(9)10/h1-4,9H,8H2/q-2. The molecule has 0 fully saturated rings. The molecule has 0 saturated heterocycles. The summed E-state index contributed by atoms with van der Waals surface area (Å²) in [5, 5.41) is 0. The Hall–Kier alpha value is -0.140. The van der Waals surface area contributed by atoms with Gasteiger partial charge in [0.25, 0.3) is 0 Å². The van der Waals surface area contributed by atoms with Crippen LogP contribution < -0.4 is 25.4 Å². The SMILES string of the molecule is N=[S-](=O)c1cccc([I-]N)c1. The number of hydrogen-bond donors (Lipinski definition) is 2. The first-order valence-electron chi connectivity index (χ1n) is 2.80. The molecule has 0 bridgehead atoms. The summed E-state index contributed by atoms with van der Waals surface area (Å²) in [6.07, 6.45) is 0. The Bertz CT molecular complexity index is 316. The zero-order valence-corrected chi connectivity index (χ0v) is 8.56. The maximum atomic E-state index is 10.7. The van der Waals surface area contributed by atoms with Gasteiger partial charge < -0.3 is 0 Å². The molecule has 0 radical (unpaired) electrons. The molecular weight excluding hydrogens is 275 g/mol. The van der Waals surface area contributed by atoms with Crippen molar-refractivity contribution in [3.05, 3.63) is 27.8 Å². The summed E-state index contributed by atoms with van der Waals surface area (Å²) in [4.78, 5) is 0.535. The second-order valence-electron chi connectivity index (χ2n) is 1.84. The molecule has 1 aromatic carbocycles. The van der Waals surface area contributed by atoms with Crippen LogP contribution in [0.2, 0.25) is 0 Å². The van der Waals surface area contributed by atoms with E-state index in [9.17, 15) is 4.21 Å². The van der Waals surface area contributed by atoms with Crippen LogP contribution in [-0.4, -0.2) is 0 Å². The van der Waals surface area contributed by atoms with Crippen LogP contribution in [0.15, 0.2) is 29.2 Å². The Morgan fingerprint density at radius 3 is 2.82 bits per heavy atom. The Morgan fingerprint density at radius 2 is 2.27 bits per heavy atom. The van der Waals surface area contributed by atoms with E-state index in [0.29, 0.717) is 4.90 Å². The van der Waals surface area contributed by atoms with Gasteiger partial charge in [-0.1, -0.05) is 0 Å². The van der Waals surface area contributed by atoms with Gasteiger partial charge in [0.05, 0.1) is 0 Å². The molecule has 0 heterocycles. The average molecular weight is 282 g/mol. The van der Waals surface area contributed by atoms with E-state index in [-0.39, 0.29) is 0 Å². The molecule has 0 aromatic heterocycles. The third-order valence-electron chi connectivity index (χ3n) is 1.14. The first-order chi connectivity index (χ1) is 5.24. The van der Waals surface area contributed by atoms with Gasteiger partial charge >= 0.3 is 77.7 Å². The second-order valence-corrected chi connectivity index (χ2v) is 4.71. The molecule has 1 aromatic rings. The summed E-state index contributed by atoms with van der Waals surface area (Å²) in [5.74, 6) is 0. The van der Waals surface area contributed by atoms with Crippen molar-refractivity contribution < 1.29 is 25.7 Å². The third kappa shape index (κ3) is 2.42. The molecule has 5 heteroatoms. The summed E-state index contributed by atoms with van der Waals surface area (Å²) < 4.78 is 24.1. The van der Waals surface area contributed by atoms with Crippen LogP contribution in [0, 0.1) is 8.35 Å². The molecule has 0 unspecified atom stereocenters. The number of nitrogens with two attached hydrogens (primary N) is 1. The molecule has 0 aliphatic heterocycles. The zero-order valence-electron chi connectivity index (χ0n) is 5.58. The van der Waals surface area contributed by atoms with E-state index >= 15 is 0 Å². The predicted octanol–water partition coefficient (Wildman–Crippen LogP) is -2.10. The van der Waals surface area contributed by atoms with E-state index in [2.05, 4.69) is 0 Å². The second kappa shape index (κ2) is 4.03. The molecule has 1 rings (SSSR count). The maximum absolute atomic E-state index is 10.7. The van der Waals surface area contributed by atoms with Crippen LogP contribution in [0.3, 0.4) is 0 Å². The number of hydrogen-bond acceptors (Lipinski definition) is 4. The summed E-state index contributed by atoms with van der Waals surface area (Å²) >= 11 is -0.451. The zero-order chi connectivity index (χ0) is 8.27. The van der Waals surface area contributed by atoms with E-state index in [4.69, 9.17) is 8.73 Å². The van der Waals surface area contributed by atoms with Gasteiger partial charge in [0.2, 0.25) is 0 Å². The fourth-order valence-corrected chi connectivity index (χ4v) is 2.23. The summed E-state index contributed by atoms with van der Waals surface area (Å²) in [6.45, 7) is 0. The van der Waals surface area contributed by atoms with E-state index in [0.717, 1.165) is 3.57 Å². The Balaban J connectivity index is 3.10. The molecule has 0 atom stereocenters. The number of rotatable bonds is 2. The Kier molecular flexibility index (Phi) is 3.28. The van der Waals surface area contributed by atoms with Crippen LogP contribution in [0.5, 0.6) is 0 Å². The molecule has 0 spiro atoms. The molecule has 0 aliphatic carbocycles. The normalized spacial score (nSPS) is 10.7. The molecule has 62 valence electrons. The fraction of sp³-hybridized carbons (Fsp3) is 0. The van der Waals surface area contributed by atoms with Crippen LogP contribution in [-0.2, 0) is 14.8 Å². The first-order valence-corrected chi connectivity index (χ1v) is 6.28. The quantitative estimate of drug-likeness (QED) is 0.371. The van der Waals surface area contributed by atoms with Crippen molar-refractivity contribution in [2.24, 2.45) is 3.95 Å². The number of benzene rings is 1. The molecule has 11 heavy (non-hydrogen) atoms. The van der Waals surface area contributed by atoms with Gasteiger partial charge in [-0.05, 0) is 0 Å². The molecular formula is C6H7IN2OS-2. The Labute approximate surface area is 77.6 Å². The van der Waals surface area contributed by atoms with E-state index in [1.165, 1.54) is 0 Å². The summed E-state index contributed by atoms with van der Waals surface area (Å²) in [7, 11) is -1.63. The minimum atomic E-state index is -1.63. The van der Waals surface area contributed by atoms with Crippen molar-refractivity contribution in [2.75, 3.05) is 0 Å². The van der Waals surface area contributed by atoms with E-state index in [1.807, 2.05) is 6.07 Å². The molecule has 3 nitrogen and oxygen atoms in total. The Morgan fingerprint density at radius 1 is 1.55 bits per heavy atom. The van der Waals surface area contributed by atoms with Gasteiger partial charge in [-0.2, -0.15) is 0 Å². The van der Waals surface area contributed by atoms with Crippen molar-refractivity contribution in [1.82, 2.24) is 0 Å². The van der Waals surface area contributed by atoms with E-state index < -0.39 is 32.1 Å². The van der Waals surface area contributed by atoms with Gasteiger partial charge in [0.1, 0.15) is 0 Å². The van der Waals surface area contributed by atoms with Crippen molar-refractivity contribution in [3.63, 3.8) is 0 Å². The van der Waals surface area contributed by atoms with Crippen molar-refractivity contribution in [3.8, 4) is 0 Å². The number of nitrogens with one attached hydrogen (secondary N) is 1. The first kappa shape index (κ1) is 8.95. The van der Waals surface area contributed by atoms with Crippen LogP contribution in [0.1, 0.15) is 0 Å². The van der Waals surface area contributed by atoms with Crippen molar-refractivity contribution >= 4 is 10.6 Å².